The van der Waals surface area contributed by atoms with Gasteiger partial charge in [0.25, 0.3) is 0 Å². The molecule has 1 aliphatic rings. The molecule has 1 saturated heterocycles. The number of amides is 1. The molecule has 1 fully saturated rings. The van der Waals surface area contributed by atoms with E-state index in [0.29, 0.717) is 24.4 Å². The number of ether oxygens (including phenoxy) is 1. The minimum atomic E-state index is -0.112. The lowest BCUT2D eigenvalue weighted by atomic mass is 10.0. The highest BCUT2D eigenvalue weighted by molar-refractivity contribution is 7.18. The van der Waals surface area contributed by atoms with Crippen molar-refractivity contribution in [3.05, 3.63) is 52.7 Å². The van der Waals surface area contributed by atoms with Crippen LogP contribution < -0.4 is 15.8 Å². The van der Waals surface area contributed by atoms with E-state index in [4.69, 9.17) is 15.7 Å². The van der Waals surface area contributed by atoms with Gasteiger partial charge in [-0.05, 0) is 63.1 Å². The minimum Gasteiger partial charge on any atom is -0.489 e. The van der Waals surface area contributed by atoms with Crippen LogP contribution in [0.1, 0.15) is 37.8 Å². The number of hydrogen-bond donors (Lipinski definition) is 2. The smallest absolute Gasteiger partial charge is 0.220 e. The predicted octanol–water partition coefficient (Wildman–Crippen LogP) is 4.25. The molecule has 1 aromatic carbocycles. The summed E-state index contributed by atoms with van der Waals surface area (Å²) in [6, 6.07) is 6.07. The number of aliphatic imine (C=N–C) groups is 1. The molecular weight excluding hydrogens is 422 g/mol. The number of allylic oxidation sites excluding steroid dienone is 4. The normalized spacial score (nSPS) is 18.8. The standard InChI is InChI=1S/C24H27N5O2S/c1-5-17(11-25)6-7-22(26)27-12-14(2)18-8-20-24(32-16(4)29-20)21(9-18)31-15(3)19-10-23(30)28-13-19/h5-9,12,15,19H,10,13H2,1-4H3,(H2,26,27)(H,28,30)/b7-6-,14-12+,17-5+. The van der Waals surface area contributed by atoms with E-state index in [1.807, 2.05) is 32.9 Å². The van der Waals surface area contributed by atoms with Gasteiger partial charge in [0, 0.05) is 30.7 Å². The van der Waals surface area contributed by atoms with Crippen molar-refractivity contribution in [2.24, 2.45) is 16.6 Å². The van der Waals surface area contributed by atoms with Crippen molar-refractivity contribution in [3.8, 4) is 11.8 Å². The van der Waals surface area contributed by atoms with Crippen molar-refractivity contribution in [1.29, 1.82) is 5.26 Å². The summed E-state index contributed by atoms with van der Waals surface area (Å²) in [7, 11) is 0. The highest BCUT2D eigenvalue weighted by Crippen LogP contribution is 2.36. The summed E-state index contributed by atoms with van der Waals surface area (Å²) in [6.45, 7) is 8.33. The minimum absolute atomic E-state index is 0.0672. The van der Waals surface area contributed by atoms with E-state index in [2.05, 4.69) is 21.4 Å². The number of aromatic nitrogens is 1. The first kappa shape index (κ1) is 23.2. The summed E-state index contributed by atoms with van der Waals surface area (Å²) in [5.74, 6) is 1.26. The van der Waals surface area contributed by atoms with Crippen LogP contribution in [0, 0.1) is 24.2 Å². The lowest BCUT2D eigenvalue weighted by Crippen LogP contribution is -2.25. The van der Waals surface area contributed by atoms with Gasteiger partial charge in [0.1, 0.15) is 17.7 Å². The molecule has 1 aliphatic heterocycles. The molecule has 0 spiro atoms. The molecule has 32 heavy (non-hydrogen) atoms. The topological polar surface area (TPSA) is 113 Å². The second kappa shape index (κ2) is 10.2. The summed E-state index contributed by atoms with van der Waals surface area (Å²) in [4.78, 5) is 20.5. The Morgan fingerprint density at radius 2 is 2.25 bits per heavy atom. The lowest BCUT2D eigenvalue weighted by molar-refractivity contribution is -0.119. The molecule has 3 rings (SSSR count). The number of nitrogens with one attached hydrogen (secondary N) is 1. The Hall–Kier alpha value is -3.44. The maximum atomic E-state index is 11.6. The zero-order valence-corrected chi connectivity index (χ0v) is 19.5. The third kappa shape index (κ3) is 5.62. The van der Waals surface area contributed by atoms with Gasteiger partial charge in [-0.15, -0.1) is 11.3 Å². The SMILES string of the molecule is C\C=C(C#N)/C=C\C(N)=N\C=C(/C)c1cc(OC(C)C2CNC(=O)C2)c2sc(C)nc2c1. The molecule has 0 saturated carbocycles. The predicted molar refractivity (Wildman–Crippen MR) is 129 cm³/mol. The molecule has 3 N–H and O–H groups in total. The molecule has 2 atom stereocenters. The number of carbonyl (C=O) groups excluding carboxylic acids is 1. The Balaban J connectivity index is 1.88. The third-order valence-corrected chi connectivity index (χ3v) is 6.29. The Labute approximate surface area is 192 Å². The van der Waals surface area contributed by atoms with Gasteiger partial charge >= 0.3 is 0 Å². The number of hydrogen-bond acceptors (Lipinski definition) is 6. The fraction of sp³-hybridized carbons (Fsp3) is 0.333. The highest BCUT2D eigenvalue weighted by atomic mass is 32.1. The van der Waals surface area contributed by atoms with Crippen LogP contribution in [0.2, 0.25) is 0 Å². The van der Waals surface area contributed by atoms with E-state index >= 15 is 0 Å². The number of aryl methyl sites for hydroxylation is 1. The molecular formula is C24H27N5O2S. The van der Waals surface area contributed by atoms with Gasteiger partial charge in [0.05, 0.1) is 21.3 Å². The number of nitriles is 1. The van der Waals surface area contributed by atoms with Crippen LogP contribution in [-0.2, 0) is 4.79 Å². The molecule has 2 aromatic rings. The molecule has 0 bridgehead atoms. The van der Waals surface area contributed by atoms with Gasteiger partial charge in [-0.2, -0.15) is 5.26 Å². The van der Waals surface area contributed by atoms with Crippen LogP contribution >= 0.6 is 11.3 Å². The molecule has 8 heteroatoms. The molecule has 0 aliphatic carbocycles. The summed E-state index contributed by atoms with van der Waals surface area (Å²) in [5, 5.41) is 12.8. The first-order chi connectivity index (χ1) is 15.3. The number of thiazole rings is 1. The quantitative estimate of drug-likeness (QED) is 0.284. The third-order valence-electron chi connectivity index (χ3n) is 5.29. The van der Waals surface area contributed by atoms with E-state index in [-0.39, 0.29) is 17.9 Å². The molecule has 2 unspecified atom stereocenters. The first-order valence-electron chi connectivity index (χ1n) is 10.4. The largest absolute Gasteiger partial charge is 0.489 e. The number of rotatable bonds is 7. The van der Waals surface area contributed by atoms with Crippen molar-refractivity contribution < 1.29 is 9.53 Å². The number of nitrogens with two attached hydrogens (primary N) is 1. The van der Waals surface area contributed by atoms with Gasteiger partial charge in [-0.3, -0.25) is 4.79 Å². The molecule has 2 heterocycles. The molecule has 166 valence electrons. The van der Waals surface area contributed by atoms with Crippen LogP contribution in [0.25, 0.3) is 15.8 Å². The van der Waals surface area contributed by atoms with Crippen molar-refractivity contribution in [2.45, 2.75) is 40.2 Å². The van der Waals surface area contributed by atoms with Gasteiger partial charge in [0.2, 0.25) is 5.91 Å². The first-order valence-corrected chi connectivity index (χ1v) is 11.2. The molecule has 1 amide bonds. The average Bonchev–Trinajstić information content (AvgIpc) is 3.37. The van der Waals surface area contributed by atoms with Crippen molar-refractivity contribution in [3.63, 3.8) is 0 Å². The van der Waals surface area contributed by atoms with E-state index in [9.17, 15) is 4.79 Å². The van der Waals surface area contributed by atoms with E-state index < -0.39 is 0 Å². The second-order valence-electron chi connectivity index (χ2n) is 7.70. The van der Waals surface area contributed by atoms with Gasteiger partial charge in [0.15, 0.2) is 0 Å². The average molecular weight is 450 g/mol. The van der Waals surface area contributed by atoms with E-state index in [1.54, 1.807) is 42.7 Å². The monoisotopic (exact) mass is 449 g/mol. The van der Waals surface area contributed by atoms with Gasteiger partial charge in [-0.25, -0.2) is 9.98 Å². The van der Waals surface area contributed by atoms with Crippen LogP contribution in [-0.4, -0.2) is 29.4 Å². The van der Waals surface area contributed by atoms with Crippen molar-refractivity contribution >= 4 is 38.9 Å². The molecule has 1 aromatic heterocycles. The fourth-order valence-electron chi connectivity index (χ4n) is 3.35. The lowest BCUT2D eigenvalue weighted by Gasteiger charge is -2.20. The summed E-state index contributed by atoms with van der Waals surface area (Å²) in [6.07, 6.45) is 6.99. The van der Waals surface area contributed by atoms with Crippen LogP contribution in [0.5, 0.6) is 5.75 Å². The van der Waals surface area contributed by atoms with Crippen molar-refractivity contribution in [1.82, 2.24) is 10.3 Å². The zero-order valence-electron chi connectivity index (χ0n) is 18.7. The molecule has 0 radical (unpaired) electrons. The summed E-state index contributed by atoms with van der Waals surface area (Å²) in [5.41, 5.74) is 9.15. The fourth-order valence-corrected chi connectivity index (χ4v) is 4.20. The van der Waals surface area contributed by atoms with Gasteiger partial charge in [-0.1, -0.05) is 6.08 Å². The number of fused-ring (bicyclic) bond motifs is 1. The van der Waals surface area contributed by atoms with E-state index in [0.717, 1.165) is 32.1 Å². The number of amidine groups is 1. The Morgan fingerprint density at radius 1 is 1.47 bits per heavy atom. The Kier molecular flexibility index (Phi) is 7.44. The van der Waals surface area contributed by atoms with E-state index in [1.165, 1.54) is 0 Å². The zero-order chi connectivity index (χ0) is 23.3. The Morgan fingerprint density at radius 3 is 2.91 bits per heavy atom. The molecule has 7 nitrogen and oxygen atoms in total. The van der Waals surface area contributed by atoms with Gasteiger partial charge < -0.3 is 15.8 Å². The second-order valence-corrected chi connectivity index (χ2v) is 8.91. The van der Waals surface area contributed by atoms with Crippen LogP contribution in [0.15, 0.2) is 47.1 Å². The maximum absolute atomic E-state index is 11.6. The number of carbonyl (C=O) groups is 1. The Bertz CT molecular complexity index is 1180. The van der Waals surface area contributed by atoms with Crippen LogP contribution in [0.4, 0.5) is 0 Å². The number of benzene rings is 1. The van der Waals surface area contributed by atoms with Crippen LogP contribution in [0.3, 0.4) is 0 Å². The number of nitrogens with zero attached hydrogens (tertiary/aromatic N) is 3. The highest BCUT2D eigenvalue weighted by Gasteiger charge is 2.28. The van der Waals surface area contributed by atoms with Crippen molar-refractivity contribution in [2.75, 3.05) is 6.54 Å². The summed E-state index contributed by atoms with van der Waals surface area (Å²) < 4.78 is 7.31. The summed E-state index contributed by atoms with van der Waals surface area (Å²) >= 11 is 1.59. The maximum Gasteiger partial charge on any atom is 0.220 e.